The second-order valence-electron chi connectivity index (χ2n) is 11.4. The Morgan fingerprint density at radius 3 is 1.84 bits per heavy atom. The summed E-state index contributed by atoms with van der Waals surface area (Å²) < 4.78 is 5.39. The minimum absolute atomic E-state index is 0.158. The lowest BCUT2D eigenvalue weighted by molar-refractivity contribution is -0.154. The molecule has 0 aromatic heterocycles. The summed E-state index contributed by atoms with van der Waals surface area (Å²) in [5.41, 5.74) is 0. The third kappa shape index (κ3) is 7.59. The van der Waals surface area contributed by atoms with Gasteiger partial charge in [-0.1, -0.05) is 65.2 Å². The third-order valence-corrected chi connectivity index (χ3v) is 9.21. The van der Waals surface area contributed by atoms with E-state index in [0.717, 1.165) is 49.9 Å². The molecular weight excluding hydrogens is 396 g/mol. The Morgan fingerprint density at radius 2 is 1.25 bits per heavy atom. The van der Waals surface area contributed by atoms with Gasteiger partial charge in [0.05, 0.1) is 6.61 Å². The lowest BCUT2D eigenvalue weighted by atomic mass is 9.64. The number of ether oxygens (including phenoxy) is 1. The highest BCUT2D eigenvalue weighted by atomic mass is 16.5. The molecular formula is C29H50O3. The molecule has 0 amide bonds. The SMILES string of the molecule is CCCCCOC(=O)C1CCC([C@H]2CC[C@H]([C@H]3CC[C@H](CCCCC)CC3)CC2)CC1=O. The standard InChI is InChI=1S/C29H50O3/c1-3-5-7-9-22-10-12-23(13-11-22)24-14-16-25(17-15-24)26-18-19-27(28(30)21-26)29(31)32-20-8-6-4-2/h22-27H,3-21H2,1-2H3/t22-,23-,24-,25-,26?,27?. The predicted molar refractivity (Wildman–Crippen MR) is 131 cm³/mol. The van der Waals surface area contributed by atoms with Crippen molar-refractivity contribution >= 4 is 11.8 Å². The molecule has 0 heterocycles. The van der Waals surface area contributed by atoms with Gasteiger partial charge in [0.1, 0.15) is 11.7 Å². The molecule has 3 heteroatoms. The summed E-state index contributed by atoms with van der Waals surface area (Å²) in [4.78, 5) is 25.0. The van der Waals surface area contributed by atoms with Crippen molar-refractivity contribution in [1.82, 2.24) is 0 Å². The van der Waals surface area contributed by atoms with E-state index in [9.17, 15) is 9.59 Å². The quantitative estimate of drug-likeness (QED) is 0.184. The fourth-order valence-corrected chi connectivity index (χ4v) is 7.04. The monoisotopic (exact) mass is 446 g/mol. The Morgan fingerprint density at radius 1 is 0.719 bits per heavy atom. The fourth-order valence-electron chi connectivity index (χ4n) is 7.04. The zero-order valence-electron chi connectivity index (χ0n) is 21.1. The molecule has 0 aromatic rings. The Kier molecular flexibility index (Phi) is 11.1. The Bertz CT molecular complexity index is 555. The normalized spacial score (nSPS) is 33.8. The molecule has 3 rings (SSSR count). The number of rotatable bonds is 11. The Balaban J connectivity index is 1.34. The van der Waals surface area contributed by atoms with E-state index in [1.165, 1.54) is 77.0 Å². The zero-order chi connectivity index (χ0) is 22.8. The van der Waals surface area contributed by atoms with E-state index in [0.29, 0.717) is 24.9 Å². The molecule has 184 valence electrons. The highest BCUT2D eigenvalue weighted by molar-refractivity contribution is 5.99. The molecule has 0 N–H and O–H groups in total. The van der Waals surface area contributed by atoms with E-state index in [2.05, 4.69) is 13.8 Å². The first-order valence-corrected chi connectivity index (χ1v) is 14.3. The molecule has 32 heavy (non-hydrogen) atoms. The van der Waals surface area contributed by atoms with Gasteiger partial charge in [0.25, 0.3) is 0 Å². The first-order chi connectivity index (χ1) is 15.6. The summed E-state index contributed by atoms with van der Waals surface area (Å²) in [7, 11) is 0. The van der Waals surface area contributed by atoms with Crippen LogP contribution in [0.15, 0.2) is 0 Å². The first-order valence-electron chi connectivity index (χ1n) is 14.3. The largest absolute Gasteiger partial charge is 0.465 e. The maximum atomic E-state index is 12.7. The van der Waals surface area contributed by atoms with Crippen molar-refractivity contribution in [2.24, 2.45) is 35.5 Å². The van der Waals surface area contributed by atoms with Crippen LogP contribution in [0.4, 0.5) is 0 Å². The highest BCUT2D eigenvalue weighted by Crippen LogP contribution is 2.46. The van der Waals surface area contributed by atoms with Gasteiger partial charge >= 0.3 is 5.97 Å². The first kappa shape index (κ1) is 25.8. The molecule has 3 aliphatic carbocycles. The lowest BCUT2D eigenvalue weighted by Gasteiger charge is -2.41. The van der Waals surface area contributed by atoms with Crippen LogP contribution in [0.1, 0.15) is 129 Å². The average Bonchev–Trinajstić information content (AvgIpc) is 2.82. The number of carbonyl (C=O) groups is 2. The molecule has 0 saturated heterocycles. The van der Waals surface area contributed by atoms with Crippen LogP contribution < -0.4 is 0 Å². The number of esters is 1. The van der Waals surface area contributed by atoms with Crippen molar-refractivity contribution < 1.29 is 14.3 Å². The number of hydrogen-bond donors (Lipinski definition) is 0. The molecule has 2 unspecified atom stereocenters. The molecule has 0 aromatic carbocycles. The smallest absolute Gasteiger partial charge is 0.316 e. The predicted octanol–water partition coefficient (Wildman–Crippen LogP) is 7.90. The van der Waals surface area contributed by atoms with Gasteiger partial charge in [0.15, 0.2) is 0 Å². The van der Waals surface area contributed by atoms with Gasteiger partial charge in [-0.3, -0.25) is 9.59 Å². The van der Waals surface area contributed by atoms with Crippen LogP contribution in [0.2, 0.25) is 0 Å². The second-order valence-corrected chi connectivity index (χ2v) is 11.4. The topological polar surface area (TPSA) is 43.4 Å². The van der Waals surface area contributed by atoms with E-state index in [-0.39, 0.29) is 11.8 Å². The number of Topliss-reactive ketones (excluding diaryl/α,β-unsaturated/α-hetero) is 1. The van der Waals surface area contributed by atoms with E-state index >= 15 is 0 Å². The van der Waals surface area contributed by atoms with Gasteiger partial charge in [0.2, 0.25) is 0 Å². The minimum Gasteiger partial charge on any atom is -0.465 e. The van der Waals surface area contributed by atoms with Crippen molar-refractivity contribution in [2.45, 2.75) is 129 Å². The summed E-state index contributed by atoms with van der Waals surface area (Å²) in [6, 6.07) is 0. The Hall–Kier alpha value is -0.860. The van der Waals surface area contributed by atoms with E-state index in [1.54, 1.807) is 0 Å². The molecule has 3 nitrogen and oxygen atoms in total. The summed E-state index contributed by atoms with van der Waals surface area (Å²) in [5, 5.41) is 0. The van der Waals surface area contributed by atoms with Crippen LogP contribution in [0.5, 0.6) is 0 Å². The molecule has 0 bridgehead atoms. The van der Waals surface area contributed by atoms with Gasteiger partial charge in [0, 0.05) is 6.42 Å². The van der Waals surface area contributed by atoms with Crippen LogP contribution in [0.25, 0.3) is 0 Å². The zero-order valence-corrected chi connectivity index (χ0v) is 21.1. The van der Waals surface area contributed by atoms with Gasteiger partial charge in [-0.05, 0) is 87.4 Å². The summed E-state index contributed by atoms with van der Waals surface area (Å²) >= 11 is 0. The van der Waals surface area contributed by atoms with E-state index in [4.69, 9.17) is 4.74 Å². The number of unbranched alkanes of at least 4 members (excludes halogenated alkanes) is 4. The summed E-state index contributed by atoms with van der Waals surface area (Å²) in [6.45, 7) is 4.92. The Labute approximate surface area is 197 Å². The van der Waals surface area contributed by atoms with Crippen molar-refractivity contribution in [3.8, 4) is 0 Å². The maximum absolute atomic E-state index is 12.7. The van der Waals surface area contributed by atoms with Crippen LogP contribution >= 0.6 is 0 Å². The maximum Gasteiger partial charge on any atom is 0.316 e. The third-order valence-electron chi connectivity index (χ3n) is 9.21. The molecule has 3 saturated carbocycles. The average molecular weight is 447 g/mol. The van der Waals surface area contributed by atoms with E-state index in [1.807, 2.05) is 0 Å². The molecule has 0 aliphatic heterocycles. The summed E-state index contributed by atoms with van der Waals surface area (Å²) in [6.07, 6.45) is 22.4. The molecule has 3 fully saturated rings. The number of hydrogen-bond acceptors (Lipinski definition) is 3. The van der Waals surface area contributed by atoms with Crippen molar-refractivity contribution in [1.29, 1.82) is 0 Å². The second kappa shape index (κ2) is 13.8. The van der Waals surface area contributed by atoms with Crippen molar-refractivity contribution in [2.75, 3.05) is 6.61 Å². The van der Waals surface area contributed by atoms with Gasteiger partial charge < -0.3 is 4.74 Å². The van der Waals surface area contributed by atoms with Crippen molar-refractivity contribution in [3.05, 3.63) is 0 Å². The minimum atomic E-state index is -0.475. The fraction of sp³-hybridized carbons (Fsp3) is 0.931. The van der Waals surface area contributed by atoms with Crippen LogP contribution in [0.3, 0.4) is 0 Å². The highest BCUT2D eigenvalue weighted by Gasteiger charge is 2.39. The molecule has 0 radical (unpaired) electrons. The van der Waals surface area contributed by atoms with Gasteiger partial charge in [-0.25, -0.2) is 0 Å². The number of carbonyl (C=O) groups excluding carboxylic acids is 2. The lowest BCUT2D eigenvalue weighted by Crippen LogP contribution is -2.36. The summed E-state index contributed by atoms with van der Waals surface area (Å²) in [5.74, 6) is 3.57. The molecule has 3 aliphatic rings. The van der Waals surface area contributed by atoms with Crippen molar-refractivity contribution in [3.63, 3.8) is 0 Å². The molecule has 2 atom stereocenters. The van der Waals surface area contributed by atoms with Gasteiger partial charge in [-0.15, -0.1) is 0 Å². The molecule has 0 spiro atoms. The van der Waals surface area contributed by atoms with E-state index < -0.39 is 5.92 Å². The van der Waals surface area contributed by atoms with Crippen LogP contribution in [-0.2, 0) is 14.3 Å². The van der Waals surface area contributed by atoms with Gasteiger partial charge in [-0.2, -0.15) is 0 Å². The number of ketones is 1. The van der Waals surface area contributed by atoms with Crippen LogP contribution in [-0.4, -0.2) is 18.4 Å². The van der Waals surface area contributed by atoms with Crippen LogP contribution in [0, 0.1) is 35.5 Å².